The quantitative estimate of drug-likeness (QED) is 0.532. The Morgan fingerprint density at radius 3 is 1.73 bits per heavy atom. The van der Waals surface area contributed by atoms with Gasteiger partial charge in [0.1, 0.15) is 16.7 Å². The minimum atomic E-state index is -0.725. The third-order valence-corrected chi connectivity index (χ3v) is 1.27. The lowest BCUT2D eigenvalue weighted by Crippen LogP contribution is -1.79. The average molecular weight is 179 g/mol. The lowest BCUT2D eigenvalue weighted by Gasteiger charge is -1.91. The van der Waals surface area contributed by atoms with Crippen molar-refractivity contribution < 1.29 is 8.78 Å². The molecule has 0 radical (unpaired) electrons. The van der Waals surface area contributed by atoms with Crippen molar-refractivity contribution in [1.82, 2.24) is 0 Å². The summed E-state index contributed by atoms with van der Waals surface area (Å²) in [6, 6.07) is 3.47. The molecule has 0 heterocycles. The van der Waals surface area contributed by atoms with Gasteiger partial charge in [0, 0.05) is 0 Å². The molecule has 1 aromatic rings. The Balaban J connectivity index is 0.000000461. The number of hydrogen-bond acceptors (Lipinski definition) is 0. The Bertz CT molecular complexity index is 203. The predicted molar refractivity (Wildman–Crippen MR) is 42.7 cm³/mol. The van der Waals surface area contributed by atoms with Gasteiger partial charge in [-0.3, -0.25) is 0 Å². The molecular formula is C8H9ClF2. The molecule has 0 aromatic heterocycles. The van der Waals surface area contributed by atoms with E-state index < -0.39 is 16.7 Å². The first-order valence-corrected chi connectivity index (χ1v) is 3.69. The third kappa shape index (κ3) is 2.85. The maximum Gasteiger partial charge on any atom is 0.144 e. The van der Waals surface area contributed by atoms with Gasteiger partial charge in [0.15, 0.2) is 0 Å². The monoisotopic (exact) mass is 178 g/mol. The van der Waals surface area contributed by atoms with E-state index in [9.17, 15) is 8.78 Å². The molecule has 0 atom stereocenters. The fourth-order valence-electron chi connectivity index (χ4n) is 0.477. The molecule has 0 aliphatic heterocycles. The number of halogens is 3. The van der Waals surface area contributed by atoms with Crippen LogP contribution in [-0.2, 0) is 0 Å². The molecule has 0 unspecified atom stereocenters. The fraction of sp³-hybridized carbons (Fsp3) is 0.250. The van der Waals surface area contributed by atoms with Crippen LogP contribution in [0.15, 0.2) is 18.2 Å². The molecule has 3 heteroatoms. The highest BCUT2D eigenvalue weighted by molar-refractivity contribution is 6.30. The van der Waals surface area contributed by atoms with Gasteiger partial charge in [0.25, 0.3) is 0 Å². The maximum atomic E-state index is 12.2. The van der Waals surface area contributed by atoms with Crippen LogP contribution in [-0.4, -0.2) is 0 Å². The molecule has 0 saturated carbocycles. The van der Waals surface area contributed by atoms with E-state index in [0.29, 0.717) is 0 Å². The molecular weight excluding hydrogens is 170 g/mol. The third-order valence-electron chi connectivity index (χ3n) is 0.904. The first kappa shape index (κ1) is 10.4. The second kappa shape index (κ2) is 5.08. The van der Waals surface area contributed by atoms with Crippen molar-refractivity contribution in [3.63, 3.8) is 0 Å². The van der Waals surface area contributed by atoms with Gasteiger partial charge in [-0.1, -0.05) is 31.5 Å². The van der Waals surface area contributed by atoms with Gasteiger partial charge >= 0.3 is 0 Å². The zero-order valence-corrected chi connectivity index (χ0v) is 7.12. The Morgan fingerprint density at radius 2 is 1.45 bits per heavy atom. The van der Waals surface area contributed by atoms with E-state index in [2.05, 4.69) is 0 Å². The van der Waals surface area contributed by atoms with E-state index in [-0.39, 0.29) is 0 Å². The molecule has 0 aliphatic rings. The average Bonchev–Trinajstić information content (AvgIpc) is 2.04. The van der Waals surface area contributed by atoms with E-state index in [1.165, 1.54) is 6.07 Å². The van der Waals surface area contributed by atoms with Crippen molar-refractivity contribution in [1.29, 1.82) is 0 Å². The molecule has 0 saturated heterocycles. The highest BCUT2D eigenvalue weighted by Crippen LogP contribution is 2.16. The van der Waals surface area contributed by atoms with Crippen molar-refractivity contribution in [2.75, 3.05) is 0 Å². The Morgan fingerprint density at radius 1 is 1.09 bits per heavy atom. The molecule has 1 aromatic carbocycles. The van der Waals surface area contributed by atoms with Gasteiger partial charge in [-0.15, -0.1) is 0 Å². The first-order chi connectivity index (χ1) is 5.22. The zero-order valence-electron chi connectivity index (χ0n) is 6.37. The molecule has 0 nitrogen and oxygen atoms in total. The van der Waals surface area contributed by atoms with Gasteiger partial charge in [-0.05, 0) is 12.1 Å². The van der Waals surface area contributed by atoms with E-state index in [4.69, 9.17) is 11.6 Å². The number of rotatable bonds is 0. The molecule has 11 heavy (non-hydrogen) atoms. The summed E-state index contributed by atoms with van der Waals surface area (Å²) in [7, 11) is 0. The minimum absolute atomic E-state index is 0.447. The largest absolute Gasteiger partial charge is 0.205 e. The molecule has 0 amide bonds. The van der Waals surface area contributed by atoms with E-state index in [1.807, 2.05) is 13.8 Å². The highest BCUT2D eigenvalue weighted by Gasteiger charge is 2.02. The Kier molecular flexibility index (Phi) is 4.79. The van der Waals surface area contributed by atoms with Crippen LogP contribution in [0.5, 0.6) is 0 Å². The van der Waals surface area contributed by atoms with Crippen LogP contribution in [0, 0.1) is 11.6 Å². The standard InChI is InChI=1S/C6H3ClF2.C2H6/c7-6-4(8)2-1-3-5(6)9;1-2/h1-3H;1-2H3. The van der Waals surface area contributed by atoms with Gasteiger partial charge in [-0.25, -0.2) is 8.78 Å². The fourth-order valence-corrected chi connectivity index (χ4v) is 0.603. The summed E-state index contributed by atoms with van der Waals surface area (Å²) in [4.78, 5) is 0. The minimum Gasteiger partial charge on any atom is -0.205 e. The Labute approximate surface area is 69.8 Å². The van der Waals surface area contributed by atoms with Crippen molar-refractivity contribution in [2.45, 2.75) is 13.8 Å². The van der Waals surface area contributed by atoms with Crippen LogP contribution >= 0.6 is 11.6 Å². The smallest absolute Gasteiger partial charge is 0.144 e. The zero-order chi connectivity index (χ0) is 8.85. The summed E-state index contributed by atoms with van der Waals surface area (Å²) >= 11 is 5.13. The number of hydrogen-bond donors (Lipinski definition) is 0. The second-order valence-corrected chi connectivity index (χ2v) is 1.91. The summed E-state index contributed by atoms with van der Waals surface area (Å²) in [5.41, 5.74) is 0. The summed E-state index contributed by atoms with van der Waals surface area (Å²) in [6.45, 7) is 4.00. The maximum absolute atomic E-state index is 12.2. The van der Waals surface area contributed by atoms with E-state index in [1.54, 1.807) is 0 Å². The van der Waals surface area contributed by atoms with Crippen molar-refractivity contribution >= 4 is 11.6 Å². The van der Waals surface area contributed by atoms with Crippen LogP contribution in [0.1, 0.15) is 13.8 Å². The Hall–Kier alpha value is -0.630. The first-order valence-electron chi connectivity index (χ1n) is 3.31. The normalized spacial score (nSPS) is 8.45. The lowest BCUT2D eigenvalue weighted by molar-refractivity contribution is 0.584. The van der Waals surface area contributed by atoms with Crippen molar-refractivity contribution in [3.8, 4) is 0 Å². The van der Waals surface area contributed by atoms with E-state index >= 15 is 0 Å². The predicted octanol–water partition coefficient (Wildman–Crippen LogP) is 3.64. The van der Waals surface area contributed by atoms with Crippen LogP contribution in [0.3, 0.4) is 0 Å². The summed E-state index contributed by atoms with van der Waals surface area (Å²) in [5, 5.41) is -0.447. The van der Waals surface area contributed by atoms with Crippen LogP contribution in [0.25, 0.3) is 0 Å². The molecule has 0 fully saturated rings. The molecule has 62 valence electrons. The second-order valence-electron chi connectivity index (χ2n) is 1.54. The summed E-state index contributed by atoms with van der Waals surface area (Å²) in [6.07, 6.45) is 0. The molecule has 1 rings (SSSR count). The topological polar surface area (TPSA) is 0 Å². The van der Waals surface area contributed by atoms with Crippen molar-refractivity contribution in [2.24, 2.45) is 0 Å². The van der Waals surface area contributed by atoms with Gasteiger partial charge in [-0.2, -0.15) is 0 Å². The molecule has 0 spiro atoms. The molecule has 0 bridgehead atoms. The van der Waals surface area contributed by atoms with Gasteiger partial charge in [0.05, 0.1) is 0 Å². The number of benzene rings is 1. The molecule has 0 N–H and O–H groups in total. The summed E-state index contributed by atoms with van der Waals surface area (Å²) in [5.74, 6) is -1.45. The van der Waals surface area contributed by atoms with E-state index in [0.717, 1.165) is 12.1 Å². The van der Waals surface area contributed by atoms with Gasteiger partial charge in [0.2, 0.25) is 0 Å². The SMILES string of the molecule is CC.Fc1cccc(F)c1Cl. The lowest BCUT2D eigenvalue weighted by atomic mass is 10.3. The molecule has 0 aliphatic carbocycles. The van der Waals surface area contributed by atoms with Gasteiger partial charge < -0.3 is 0 Å². The van der Waals surface area contributed by atoms with Crippen LogP contribution < -0.4 is 0 Å². The highest BCUT2D eigenvalue weighted by atomic mass is 35.5. The summed E-state index contributed by atoms with van der Waals surface area (Å²) < 4.78 is 24.4. The van der Waals surface area contributed by atoms with Crippen LogP contribution in [0.2, 0.25) is 5.02 Å². The van der Waals surface area contributed by atoms with Crippen molar-refractivity contribution in [3.05, 3.63) is 34.9 Å². The van der Waals surface area contributed by atoms with Crippen LogP contribution in [0.4, 0.5) is 8.78 Å².